The molecule has 0 bridgehead atoms. The van der Waals surface area contributed by atoms with E-state index in [9.17, 15) is 9.59 Å². The van der Waals surface area contributed by atoms with E-state index >= 15 is 0 Å². The molecule has 23 heavy (non-hydrogen) atoms. The molecule has 2 aromatic heterocycles. The zero-order valence-corrected chi connectivity index (χ0v) is 14.2. The number of carbonyl (C=O) groups excluding carboxylic acids is 1. The minimum Gasteiger partial charge on any atom is -0.480 e. The molecule has 0 saturated carbocycles. The molecule has 8 heteroatoms. The maximum atomic E-state index is 12.0. The Kier molecular flexibility index (Phi) is 5.49. The van der Waals surface area contributed by atoms with Crippen molar-refractivity contribution in [2.45, 2.75) is 39.7 Å². The zero-order chi connectivity index (χ0) is 17.0. The summed E-state index contributed by atoms with van der Waals surface area (Å²) in [7, 11) is 0. The first-order valence-corrected chi connectivity index (χ1v) is 8.22. The third-order valence-electron chi connectivity index (χ3n) is 3.59. The van der Waals surface area contributed by atoms with Crippen molar-refractivity contribution in [2.75, 3.05) is 11.9 Å². The quantitative estimate of drug-likeness (QED) is 0.715. The van der Waals surface area contributed by atoms with Gasteiger partial charge in [-0.3, -0.25) is 4.79 Å². The van der Waals surface area contributed by atoms with Gasteiger partial charge in [-0.1, -0.05) is 13.3 Å². The van der Waals surface area contributed by atoms with Crippen molar-refractivity contribution >= 4 is 39.2 Å². The van der Waals surface area contributed by atoms with Crippen LogP contribution >= 0.6 is 11.3 Å². The van der Waals surface area contributed by atoms with Gasteiger partial charge in [-0.2, -0.15) is 0 Å². The smallest absolute Gasteiger partial charge is 0.326 e. The van der Waals surface area contributed by atoms with Crippen LogP contribution in [0.5, 0.6) is 0 Å². The molecule has 0 spiro atoms. The van der Waals surface area contributed by atoms with Gasteiger partial charge in [-0.25, -0.2) is 14.8 Å². The molecule has 2 heterocycles. The van der Waals surface area contributed by atoms with E-state index in [1.807, 2.05) is 20.8 Å². The number of rotatable bonds is 7. The van der Waals surface area contributed by atoms with Gasteiger partial charge < -0.3 is 15.7 Å². The van der Waals surface area contributed by atoms with Crippen LogP contribution in [0.15, 0.2) is 6.33 Å². The number of carboxylic acids is 1. The van der Waals surface area contributed by atoms with Crippen LogP contribution in [0.1, 0.15) is 30.2 Å². The van der Waals surface area contributed by atoms with Crippen LogP contribution in [0.3, 0.4) is 0 Å². The molecule has 2 rings (SSSR count). The second-order valence-electron chi connectivity index (χ2n) is 5.29. The van der Waals surface area contributed by atoms with Crippen LogP contribution in [0, 0.1) is 13.8 Å². The summed E-state index contributed by atoms with van der Waals surface area (Å²) in [6, 6.07) is -0.857. The summed E-state index contributed by atoms with van der Waals surface area (Å²) in [5.74, 6) is -0.800. The van der Waals surface area contributed by atoms with Gasteiger partial charge in [0.15, 0.2) is 0 Å². The molecule has 0 fully saturated rings. The first kappa shape index (κ1) is 17.1. The number of nitrogens with one attached hydrogen (secondary N) is 2. The lowest BCUT2D eigenvalue weighted by molar-refractivity contribution is -0.141. The number of hydrogen-bond donors (Lipinski definition) is 3. The molecule has 124 valence electrons. The average Bonchev–Trinajstić information content (AvgIpc) is 2.80. The van der Waals surface area contributed by atoms with Gasteiger partial charge >= 0.3 is 5.97 Å². The molecule has 0 aliphatic rings. The number of thiophene rings is 1. The SMILES string of the molecule is CCCC(NC(=O)CNc1ncnc2sc(C)c(C)c12)C(=O)O. The minimum absolute atomic E-state index is 0.0338. The number of aromatic nitrogens is 2. The van der Waals surface area contributed by atoms with E-state index in [0.29, 0.717) is 18.7 Å². The van der Waals surface area contributed by atoms with E-state index < -0.39 is 12.0 Å². The van der Waals surface area contributed by atoms with Gasteiger partial charge in [0.1, 0.15) is 23.0 Å². The topological polar surface area (TPSA) is 104 Å². The highest BCUT2D eigenvalue weighted by atomic mass is 32.1. The van der Waals surface area contributed by atoms with E-state index in [0.717, 1.165) is 20.7 Å². The molecule has 7 nitrogen and oxygen atoms in total. The highest BCUT2D eigenvalue weighted by molar-refractivity contribution is 7.18. The van der Waals surface area contributed by atoms with Crippen molar-refractivity contribution in [3.05, 3.63) is 16.8 Å². The predicted octanol–water partition coefficient (Wildman–Crippen LogP) is 2.09. The van der Waals surface area contributed by atoms with E-state index in [-0.39, 0.29) is 12.5 Å². The lowest BCUT2D eigenvalue weighted by atomic mass is 10.1. The fourth-order valence-corrected chi connectivity index (χ4v) is 3.27. The van der Waals surface area contributed by atoms with Gasteiger partial charge in [0.25, 0.3) is 0 Å². The highest BCUT2D eigenvalue weighted by Gasteiger charge is 2.19. The molecule has 2 aromatic rings. The van der Waals surface area contributed by atoms with Gasteiger partial charge in [-0.05, 0) is 25.8 Å². The van der Waals surface area contributed by atoms with Crippen molar-refractivity contribution in [1.29, 1.82) is 0 Å². The number of aryl methyl sites for hydroxylation is 2. The number of hydrogen-bond acceptors (Lipinski definition) is 6. The van der Waals surface area contributed by atoms with Crippen molar-refractivity contribution < 1.29 is 14.7 Å². The molecule has 0 aliphatic heterocycles. The van der Waals surface area contributed by atoms with Crippen LogP contribution in [-0.2, 0) is 9.59 Å². The first-order valence-electron chi connectivity index (χ1n) is 7.40. The molecule has 1 atom stereocenters. The van der Waals surface area contributed by atoms with Gasteiger partial charge in [-0.15, -0.1) is 11.3 Å². The Balaban J connectivity index is 2.06. The number of carboxylic acid groups (broad SMARTS) is 1. The van der Waals surface area contributed by atoms with Gasteiger partial charge in [0.05, 0.1) is 11.9 Å². The Bertz CT molecular complexity index is 729. The first-order chi connectivity index (χ1) is 10.9. The maximum Gasteiger partial charge on any atom is 0.326 e. The Morgan fingerprint density at radius 1 is 1.35 bits per heavy atom. The summed E-state index contributed by atoms with van der Waals surface area (Å²) in [5.41, 5.74) is 1.09. The number of carbonyl (C=O) groups is 2. The third kappa shape index (κ3) is 3.95. The number of nitrogens with zero attached hydrogens (tertiary/aromatic N) is 2. The third-order valence-corrected chi connectivity index (χ3v) is 4.71. The van der Waals surface area contributed by atoms with Crippen LogP contribution in [0.25, 0.3) is 10.2 Å². The Labute approximate surface area is 138 Å². The second-order valence-corrected chi connectivity index (χ2v) is 6.49. The van der Waals surface area contributed by atoms with Gasteiger partial charge in [0.2, 0.25) is 5.91 Å². The molecule has 1 unspecified atom stereocenters. The normalized spacial score (nSPS) is 12.1. The molecule has 0 aliphatic carbocycles. The van der Waals surface area contributed by atoms with E-state index in [1.54, 1.807) is 11.3 Å². The van der Waals surface area contributed by atoms with Crippen LogP contribution < -0.4 is 10.6 Å². The minimum atomic E-state index is -1.02. The van der Waals surface area contributed by atoms with E-state index in [1.165, 1.54) is 6.33 Å². The van der Waals surface area contributed by atoms with Crippen LogP contribution in [0.4, 0.5) is 5.82 Å². The Morgan fingerprint density at radius 3 is 2.74 bits per heavy atom. The summed E-state index contributed by atoms with van der Waals surface area (Å²) in [6.45, 7) is 5.85. The molecule has 0 radical (unpaired) electrons. The monoisotopic (exact) mass is 336 g/mol. The Morgan fingerprint density at radius 2 is 2.09 bits per heavy atom. The van der Waals surface area contributed by atoms with Crippen molar-refractivity contribution in [1.82, 2.24) is 15.3 Å². The molecular formula is C15H20N4O3S. The average molecular weight is 336 g/mol. The summed E-state index contributed by atoms with van der Waals surface area (Å²) in [5, 5.41) is 15.5. The Hall–Kier alpha value is -2.22. The van der Waals surface area contributed by atoms with Gasteiger partial charge in [0, 0.05) is 4.88 Å². The van der Waals surface area contributed by atoms with Crippen LogP contribution in [0.2, 0.25) is 0 Å². The summed E-state index contributed by atoms with van der Waals surface area (Å²) >= 11 is 1.58. The van der Waals surface area contributed by atoms with Crippen molar-refractivity contribution in [3.8, 4) is 0 Å². The van der Waals surface area contributed by atoms with Crippen molar-refractivity contribution in [2.24, 2.45) is 0 Å². The molecule has 3 N–H and O–H groups in total. The summed E-state index contributed by atoms with van der Waals surface area (Å²) < 4.78 is 0. The van der Waals surface area contributed by atoms with E-state index in [4.69, 9.17) is 5.11 Å². The maximum absolute atomic E-state index is 12.0. The standard InChI is InChI=1S/C15H20N4O3S/c1-4-5-10(15(21)22)19-11(20)6-16-13-12-8(2)9(3)23-14(12)18-7-17-13/h7,10H,4-6H2,1-3H3,(H,19,20)(H,21,22)(H,16,17,18). The summed E-state index contributed by atoms with van der Waals surface area (Å²) in [4.78, 5) is 33.5. The summed E-state index contributed by atoms with van der Waals surface area (Å²) in [6.07, 6.45) is 2.54. The lowest BCUT2D eigenvalue weighted by Gasteiger charge is -2.14. The second kappa shape index (κ2) is 7.36. The molecule has 0 saturated heterocycles. The fraction of sp³-hybridized carbons (Fsp3) is 0.467. The molecular weight excluding hydrogens is 316 g/mol. The molecule has 1 amide bonds. The number of anilines is 1. The highest BCUT2D eigenvalue weighted by Crippen LogP contribution is 2.32. The zero-order valence-electron chi connectivity index (χ0n) is 13.3. The van der Waals surface area contributed by atoms with E-state index in [2.05, 4.69) is 20.6 Å². The number of amides is 1. The number of aliphatic carboxylic acids is 1. The predicted molar refractivity (Wildman–Crippen MR) is 89.9 cm³/mol. The lowest BCUT2D eigenvalue weighted by Crippen LogP contribution is -2.43. The largest absolute Gasteiger partial charge is 0.480 e. The molecule has 0 aromatic carbocycles. The number of fused-ring (bicyclic) bond motifs is 1. The fourth-order valence-electron chi connectivity index (χ4n) is 2.27. The van der Waals surface area contributed by atoms with Crippen molar-refractivity contribution in [3.63, 3.8) is 0 Å². The van der Waals surface area contributed by atoms with Crippen LogP contribution in [-0.4, -0.2) is 39.5 Å².